The highest BCUT2D eigenvalue weighted by molar-refractivity contribution is 7.20. The Morgan fingerprint density at radius 3 is 2.61 bits per heavy atom. The van der Waals surface area contributed by atoms with Crippen molar-refractivity contribution in [2.24, 2.45) is 0 Å². The number of amides is 1. The molecule has 2 aromatic heterocycles. The van der Waals surface area contributed by atoms with Gasteiger partial charge in [-0.15, -0.1) is 11.3 Å². The molecule has 1 fully saturated rings. The lowest BCUT2D eigenvalue weighted by atomic mass is 10.1. The number of nitrogens with one attached hydrogen (secondary N) is 1. The quantitative estimate of drug-likeness (QED) is 0.934. The van der Waals surface area contributed by atoms with E-state index in [4.69, 9.17) is 0 Å². The molecule has 0 spiro atoms. The van der Waals surface area contributed by atoms with Crippen LogP contribution in [-0.2, 0) is 0 Å². The average Bonchev–Trinajstić information content (AvgIpc) is 2.85. The summed E-state index contributed by atoms with van der Waals surface area (Å²) in [6, 6.07) is 0. The highest BCUT2D eigenvalue weighted by Gasteiger charge is 2.21. The summed E-state index contributed by atoms with van der Waals surface area (Å²) in [5.74, 6) is 0.993. The predicted octanol–water partition coefficient (Wildman–Crippen LogP) is 3.52. The second kappa shape index (κ2) is 7.25. The number of anilines is 1. The van der Waals surface area contributed by atoms with E-state index >= 15 is 0 Å². The third-order valence-electron chi connectivity index (χ3n) is 4.41. The van der Waals surface area contributed by atoms with E-state index in [0.717, 1.165) is 39.6 Å². The van der Waals surface area contributed by atoms with Crippen molar-refractivity contribution in [3.63, 3.8) is 0 Å². The lowest BCUT2D eigenvalue weighted by Crippen LogP contribution is -2.28. The fourth-order valence-corrected chi connectivity index (χ4v) is 4.27. The summed E-state index contributed by atoms with van der Waals surface area (Å²) < 4.78 is 0. The molecule has 5 nitrogen and oxygen atoms in total. The first-order valence-electron chi connectivity index (χ1n) is 8.49. The molecule has 23 heavy (non-hydrogen) atoms. The third kappa shape index (κ3) is 3.32. The minimum absolute atomic E-state index is 0.00776. The van der Waals surface area contributed by atoms with E-state index in [-0.39, 0.29) is 5.91 Å². The van der Waals surface area contributed by atoms with E-state index in [9.17, 15) is 4.79 Å². The summed E-state index contributed by atoms with van der Waals surface area (Å²) >= 11 is 1.47. The van der Waals surface area contributed by atoms with Gasteiger partial charge in [0.1, 0.15) is 17.0 Å². The van der Waals surface area contributed by atoms with Crippen molar-refractivity contribution >= 4 is 33.3 Å². The standard InChI is InChI=1S/C17H24N4OS/c1-3-18-16(22)14-12(2)13-15(19-11-20-17(13)23-14)21-9-7-5-4-6-8-10-21/h11H,3-10H2,1-2H3,(H,18,22). The minimum atomic E-state index is -0.00776. The SMILES string of the molecule is CCNC(=O)c1sc2ncnc(N3CCCCCCC3)c2c1C. The molecule has 1 aliphatic rings. The monoisotopic (exact) mass is 332 g/mol. The molecule has 3 rings (SSSR count). The van der Waals surface area contributed by atoms with E-state index in [2.05, 4.69) is 20.2 Å². The van der Waals surface area contributed by atoms with E-state index in [1.54, 1.807) is 6.33 Å². The molecule has 0 unspecified atom stereocenters. The molecule has 124 valence electrons. The van der Waals surface area contributed by atoms with Crippen LogP contribution >= 0.6 is 11.3 Å². The summed E-state index contributed by atoms with van der Waals surface area (Å²) in [7, 11) is 0. The zero-order chi connectivity index (χ0) is 16.2. The van der Waals surface area contributed by atoms with Crippen LogP contribution in [-0.4, -0.2) is 35.5 Å². The number of rotatable bonds is 3. The Morgan fingerprint density at radius 1 is 1.22 bits per heavy atom. The number of fused-ring (bicyclic) bond motifs is 1. The lowest BCUT2D eigenvalue weighted by Gasteiger charge is -2.26. The van der Waals surface area contributed by atoms with Crippen LogP contribution in [0, 0.1) is 6.92 Å². The molecule has 6 heteroatoms. The number of thiophene rings is 1. The van der Waals surface area contributed by atoms with E-state index in [1.807, 2.05) is 13.8 Å². The molecule has 1 amide bonds. The molecular formula is C17H24N4OS. The smallest absolute Gasteiger partial charge is 0.261 e. The van der Waals surface area contributed by atoms with Gasteiger partial charge in [0, 0.05) is 19.6 Å². The summed E-state index contributed by atoms with van der Waals surface area (Å²) in [6.45, 7) is 6.67. The van der Waals surface area contributed by atoms with E-state index in [0.29, 0.717) is 6.54 Å². The number of hydrogen-bond acceptors (Lipinski definition) is 5. The van der Waals surface area contributed by atoms with Crippen LogP contribution in [0.3, 0.4) is 0 Å². The fourth-order valence-electron chi connectivity index (χ4n) is 3.21. The van der Waals surface area contributed by atoms with Crippen molar-refractivity contribution in [2.75, 3.05) is 24.5 Å². The van der Waals surface area contributed by atoms with Gasteiger partial charge in [-0.1, -0.05) is 19.3 Å². The first-order chi connectivity index (χ1) is 11.2. The van der Waals surface area contributed by atoms with Gasteiger partial charge in [0.25, 0.3) is 5.91 Å². The Labute approximate surface area is 141 Å². The van der Waals surface area contributed by atoms with Gasteiger partial charge in [0.2, 0.25) is 0 Å². The van der Waals surface area contributed by atoms with Gasteiger partial charge in [-0.05, 0) is 32.3 Å². The topological polar surface area (TPSA) is 58.1 Å². The Bertz CT molecular complexity index is 689. The van der Waals surface area contributed by atoms with Crippen molar-refractivity contribution in [3.05, 3.63) is 16.8 Å². The predicted molar refractivity (Wildman–Crippen MR) is 95.5 cm³/mol. The molecule has 0 atom stereocenters. The first-order valence-corrected chi connectivity index (χ1v) is 9.31. The maximum atomic E-state index is 12.3. The number of aryl methyl sites for hydroxylation is 1. The molecule has 1 aliphatic heterocycles. The molecule has 0 aromatic carbocycles. The van der Waals surface area contributed by atoms with Gasteiger partial charge in [0.15, 0.2) is 0 Å². The number of carbonyl (C=O) groups excluding carboxylic acids is 1. The van der Waals surface area contributed by atoms with Crippen LogP contribution in [0.2, 0.25) is 0 Å². The Balaban J connectivity index is 2.01. The molecular weight excluding hydrogens is 308 g/mol. The summed E-state index contributed by atoms with van der Waals surface area (Å²) in [5.41, 5.74) is 1.01. The van der Waals surface area contributed by atoms with Crippen LogP contribution in [0.15, 0.2) is 6.33 Å². The Morgan fingerprint density at radius 2 is 1.91 bits per heavy atom. The van der Waals surface area contributed by atoms with Crippen molar-refractivity contribution in [3.8, 4) is 0 Å². The number of nitrogens with zero attached hydrogens (tertiary/aromatic N) is 3. The molecule has 2 aromatic rings. The van der Waals surface area contributed by atoms with Crippen molar-refractivity contribution < 1.29 is 4.79 Å². The Kier molecular flexibility index (Phi) is 5.10. The molecule has 1 saturated heterocycles. The average molecular weight is 332 g/mol. The van der Waals surface area contributed by atoms with Crippen molar-refractivity contribution in [1.29, 1.82) is 0 Å². The summed E-state index contributed by atoms with van der Waals surface area (Å²) in [5, 5.41) is 3.95. The van der Waals surface area contributed by atoms with Crippen LogP contribution in [0.25, 0.3) is 10.2 Å². The highest BCUT2D eigenvalue weighted by Crippen LogP contribution is 2.35. The highest BCUT2D eigenvalue weighted by atomic mass is 32.1. The van der Waals surface area contributed by atoms with E-state index in [1.165, 1.54) is 43.4 Å². The molecule has 0 aliphatic carbocycles. The van der Waals surface area contributed by atoms with Gasteiger partial charge >= 0.3 is 0 Å². The first kappa shape index (κ1) is 16.2. The summed E-state index contributed by atoms with van der Waals surface area (Å²) in [4.78, 5) is 25.3. The van der Waals surface area contributed by atoms with Crippen LogP contribution < -0.4 is 10.2 Å². The van der Waals surface area contributed by atoms with Crippen LogP contribution in [0.5, 0.6) is 0 Å². The third-order valence-corrected chi connectivity index (χ3v) is 5.60. The maximum absolute atomic E-state index is 12.3. The largest absolute Gasteiger partial charge is 0.356 e. The van der Waals surface area contributed by atoms with Gasteiger partial charge < -0.3 is 10.2 Å². The second-order valence-electron chi connectivity index (χ2n) is 6.05. The van der Waals surface area contributed by atoms with Gasteiger partial charge in [0.05, 0.1) is 10.3 Å². The summed E-state index contributed by atoms with van der Waals surface area (Å²) in [6.07, 6.45) is 7.96. The number of aromatic nitrogens is 2. The molecule has 0 radical (unpaired) electrons. The Hall–Kier alpha value is -1.69. The molecule has 0 saturated carbocycles. The van der Waals surface area contributed by atoms with Crippen LogP contribution in [0.4, 0.5) is 5.82 Å². The van der Waals surface area contributed by atoms with Crippen molar-refractivity contribution in [1.82, 2.24) is 15.3 Å². The fraction of sp³-hybridized carbons (Fsp3) is 0.588. The molecule has 1 N–H and O–H groups in total. The minimum Gasteiger partial charge on any atom is -0.356 e. The molecule has 3 heterocycles. The van der Waals surface area contributed by atoms with Gasteiger partial charge in [-0.25, -0.2) is 9.97 Å². The normalized spacial score (nSPS) is 16.2. The van der Waals surface area contributed by atoms with Crippen molar-refractivity contribution in [2.45, 2.75) is 46.0 Å². The number of hydrogen-bond donors (Lipinski definition) is 1. The maximum Gasteiger partial charge on any atom is 0.261 e. The zero-order valence-electron chi connectivity index (χ0n) is 13.9. The van der Waals surface area contributed by atoms with Gasteiger partial charge in [-0.2, -0.15) is 0 Å². The van der Waals surface area contributed by atoms with Gasteiger partial charge in [-0.3, -0.25) is 4.79 Å². The number of carbonyl (C=O) groups is 1. The zero-order valence-corrected chi connectivity index (χ0v) is 14.7. The van der Waals surface area contributed by atoms with E-state index < -0.39 is 0 Å². The van der Waals surface area contributed by atoms with Crippen LogP contribution in [0.1, 0.15) is 54.3 Å². The lowest BCUT2D eigenvalue weighted by molar-refractivity contribution is 0.0959. The second-order valence-corrected chi connectivity index (χ2v) is 7.05. The molecule has 0 bridgehead atoms.